The highest BCUT2D eigenvalue weighted by Crippen LogP contribution is 2.23. The van der Waals surface area contributed by atoms with Gasteiger partial charge >= 0.3 is 0 Å². The zero-order valence-corrected chi connectivity index (χ0v) is 12.5. The summed E-state index contributed by atoms with van der Waals surface area (Å²) in [6, 6.07) is 4.88. The maximum atomic E-state index is 10.00. The van der Waals surface area contributed by atoms with Gasteiger partial charge < -0.3 is 0 Å². The van der Waals surface area contributed by atoms with Crippen LogP contribution in [0.2, 0.25) is 0 Å². The Kier molecular flexibility index (Phi) is 11.8. The number of hydrogen-bond acceptors (Lipinski definition) is 8. The molecular weight excluding hydrogens is 300 g/mol. The molecule has 0 aliphatic carbocycles. The van der Waals surface area contributed by atoms with Crippen molar-refractivity contribution in [2.24, 2.45) is 20.0 Å². The van der Waals surface area contributed by atoms with Crippen molar-refractivity contribution in [3.05, 3.63) is 23.8 Å². The van der Waals surface area contributed by atoms with Gasteiger partial charge in [-0.2, -0.15) is 9.98 Å². The van der Waals surface area contributed by atoms with E-state index < -0.39 is 0 Å². The summed E-state index contributed by atoms with van der Waals surface area (Å²) >= 11 is 0. The van der Waals surface area contributed by atoms with Crippen molar-refractivity contribution in [3.63, 3.8) is 0 Å². The molecule has 1 rings (SSSR count). The lowest BCUT2D eigenvalue weighted by atomic mass is 10.2. The predicted molar refractivity (Wildman–Crippen MR) is 82.0 cm³/mol. The summed E-state index contributed by atoms with van der Waals surface area (Å²) in [6.45, 7) is 2.74. The number of aliphatic imine (C=N–C) groups is 4. The molecule has 1 aromatic rings. The van der Waals surface area contributed by atoms with Crippen molar-refractivity contribution < 1.29 is 19.2 Å². The highest BCUT2D eigenvalue weighted by atomic mass is 16.1. The lowest BCUT2D eigenvalue weighted by molar-refractivity contribution is 0.559. The van der Waals surface area contributed by atoms with E-state index in [1.165, 1.54) is 30.4 Å². The van der Waals surface area contributed by atoms with E-state index in [0.29, 0.717) is 24.5 Å². The second kappa shape index (κ2) is 13.7. The van der Waals surface area contributed by atoms with Crippen molar-refractivity contribution in [2.75, 3.05) is 13.1 Å². The Balaban J connectivity index is 0.000000438. The fourth-order valence-electron chi connectivity index (χ4n) is 1.36. The second-order valence-corrected chi connectivity index (χ2v) is 4.03. The first-order valence-corrected chi connectivity index (χ1v) is 6.53. The first-order valence-electron chi connectivity index (χ1n) is 6.53. The third kappa shape index (κ3) is 10.2. The summed E-state index contributed by atoms with van der Waals surface area (Å²) in [6.07, 6.45) is 7.22. The summed E-state index contributed by atoms with van der Waals surface area (Å²) in [5, 5.41) is 0. The molecular formula is C15H14N4O4. The quantitative estimate of drug-likeness (QED) is 0.436. The number of isocyanates is 4. The highest BCUT2D eigenvalue weighted by molar-refractivity contribution is 5.61. The van der Waals surface area contributed by atoms with Crippen LogP contribution in [0.4, 0.5) is 11.4 Å². The Morgan fingerprint density at radius 2 is 1.39 bits per heavy atom. The maximum Gasteiger partial charge on any atom is 0.240 e. The Hall–Kier alpha value is -3.26. The smallest absolute Gasteiger partial charge is 0.211 e. The van der Waals surface area contributed by atoms with E-state index in [1.54, 1.807) is 19.1 Å². The minimum atomic E-state index is 0.426. The molecule has 118 valence electrons. The molecule has 8 nitrogen and oxygen atoms in total. The SMILES string of the molecule is Cc1ccc(N=C=O)cc1N=C=O.O=C=NCCCCN=C=O. The molecule has 0 aliphatic heterocycles. The van der Waals surface area contributed by atoms with Gasteiger partial charge in [0, 0.05) is 0 Å². The van der Waals surface area contributed by atoms with Crippen molar-refractivity contribution in [3.8, 4) is 0 Å². The Labute approximate surface area is 132 Å². The molecule has 0 fully saturated rings. The molecule has 0 saturated heterocycles. The summed E-state index contributed by atoms with van der Waals surface area (Å²) in [5.41, 5.74) is 1.72. The predicted octanol–water partition coefficient (Wildman–Crippen LogP) is 2.37. The largest absolute Gasteiger partial charge is 0.240 e. The van der Waals surface area contributed by atoms with E-state index in [2.05, 4.69) is 20.0 Å². The van der Waals surface area contributed by atoms with Crippen LogP contribution in [0.1, 0.15) is 18.4 Å². The van der Waals surface area contributed by atoms with Gasteiger partial charge in [0.1, 0.15) is 0 Å². The Bertz CT molecular complexity index is 671. The van der Waals surface area contributed by atoms with Gasteiger partial charge in [0.05, 0.1) is 24.5 Å². The van der Waals surface area contributed by atoms with Crippen LogP contribution in [0.25, 0.3) is 0 Å². The molecule has 8 heteroatoms. The van der Waals surface area contributed by atoms with Gasteiger partial charge in [0.15, 0.2) is 0 Å². The van der Waals surface area contributed by atoms with Crippen LogP contribution in [-0.4, -0.2) is 37.4 Å². The highest BCUT2D eigenvalue weighted by Gasteiger charge is 1.97. The summed E-state index contributed by atoms with van der Waals surface area (Å²) in [5.74, 6) is 0. The van der Waals surface area contributed by atoms with Crippen molar-refractivity contribution >= 4 is 35.7 Å². The Morgan fingerprint density at radius 3 is 1.87 bits per heavy atom. The number of nitrogens with zero attached hydrogens (tertiary/aromatic N) is 4. The molecule has 0 unspecified atom stereocenters. The van der Waals surface area contributed by atoms with Crippen LogP contribution in [0.15, 0.2) is 38.2 Å². The van der Waals surface area contributed by atoms with Crippen LogP contribution < -0.4 is 0 Å². The van der Waals surface area contributed by atoms with Gasteiger partial charge in [-0.05, 0) is 37.5 Å². The molecule has 0 bridgehead atoms. The van der Waals surface area contributed by atoms with E-state index in [9.17, 15) is 19.2 Å². The molecule has 0 radical (unpaired) electrons. The molecule has 0 heterocycles. The minimum absolute atomic E-state index is 0.426. The molecule has 0 spiro atoms. The van der Waals surface area contributed by atoms with Crippen molar-refractivity contribution in [1.82, 2.24) is 0 Å². The van der Waals surface area contributed by atoms with Gasteiger partial charge in [-0.3, -0.25) is 0 Å². The molecule has 1 aromatic carbocycles. The summed E-state index contributed by atoms with van der Waals surface area (Å²) in [4.78, 5) is 52.5. The van der Waals surface area contributed by atoms with Crippen LogP contribution in [0.5, 0.6) is 0 Å². The molecule has 0 atom stereocenters. The van der Waals surface area contributed by atoms with Crippen LogP contribution in [0, 0.1) is 6.92 Å². The lowest BCUT2D eigenvalue weighted by Crippen LogP contribution is -1.84. The van der Waals surface area contributed by atoms with E-state index >= 15 is 0 Å². The molecule has 0 saturated carbocycles. The summed E-state index contributed by atoms with van der Waals surface area (Å²) in [7, 11) is 0. The topological polar surface area (TPSA) is 118 Å². The van der Waals surface area contributed by atoms with Crippen molar-refractivity contribution in [1.29, 1.82) is 0 Å². The average Bonchev–Trinajstić information content (AvgIpc) is 2.55. The molecule has 0 N–H and O–H groups in total. The van der Waals surface area contributed by atoms with E-state index in [-0.39, 0.29) is 0 Å². The zero-order valence-electron chi connectivity index (χ0n) is 12.5. The molecule has 0 amide bonds. The van der Waals surface area contributed by atoms with Crippen molar-refractivity contribution in [2.45, 2.75) is 19.8 Å². The summed E-state index contributed by atoms with van der Waals surface area (Å²) < 4.78 is 0. The van der Waals surface area contributed by atoms with E-state index in [4.69, 9.17) is 0 Å². The van der Waals surface area contributed by atoms with Gasteiger partial charge in [-0.15, -0.1) is 0 Å². The third-order valence-electron chi connectivity index (χ3n) is 2.45. The molecule has 23 heavy (non-hydrogen) atoms. The average molecular weight is 314 g/mol. The van der Waals surface area contributed by atoms with E-state index in [0.717, 1.165) is 18.4 Å². The number of benzene rings is 1. The number of unbranched alkanes of at least 4 members (excludes halogenated alkanes) is 1. The van der Waals surface area contributed by atoms with Crippen LogP contribution >= 0.6 is 0 Å². The van der Waals surface area contributed by atoms with Crippen LogP contribution in [-0.2, 0) is 19.2 Å². The third-order valence-corrected chi connectivity index (χ3v) is 2.45. The van der Waals surface area contributed by atoms with E-state index in [1.807, 2.05) is 0 Å². The van der Waals surface area contributed by atoms with Gasteiger partial charge in [0.25, 0.3) is 0 Å². The van der Waals surface area contributed by atoms with Gasteiger partial charge in [-0.25, -0.2) is 29.2 Å². The number of aryl methyl sites for hydroxylation is 1. The maximum absolute atomic E-state index is 10.00. The minimum Gasteiger partial charge on any atom is -0.211 e. The number of rotatable bonds is 7. The first-order chi connectivity index (χ1) is 11.2. The molecule has 0 aromatic heterocycles. The van der Waals surface area contributed by atoms with Gasteiger partial charge in [-0.1, -0.05) is 6.07 Å². The normalized spacial score (nSPS) is 8.04. The van der Waals surface area contributed by atoms with Crippen LogP contribution in [0.3, 0.4) is 0 Å². The first kappa shape index (κ1) is 19.7. The Morgan fingerprint density at radius 1 is 0.826 bits per heavy atom. The lowest BCUT2D eigenvalue weighted by Gasteiger charge is -1.97. The number of carbonyl (C=O) groups excluding carboxylic acids is 4. The standard InChI is InChI=1S/C9H6N2O2.C6H8N2O2/c1-7-2-3-8(10-5-12)4-9(7)11-6-13;9-5-7-3-1-2-4-8-6-10/h2-4H,1H3;1-4H2. The number of hydrogen-bond donors (Lipinski definition) is 0. The second-order valence-electron chi connectivity index (χ2n) is 4.03. The monoisotopic (exact) mass is 314 g/mol. The fourth-order valence-corrected chi connectivity index (χ4v) is 1.36. The zero-order chi connectivity index (χ0) is 17.3. The molecule has 0 aliphatic rings. The van der Waals surface area contributed by atoms with Gasteiger partial charge in [0.2, 0.25) is 24.3 Å². The fraction of sp³-hybridized carbons (Fsp3) is 0.333.